The van der Waals surface area contributed by atoms with E-state index in [9.17, 15) is 0 Å². The molecule has 0 saturated heterocycles. The molecule has 1 aliphatic heterocycles. The Balaban J connectivity index is 1.73. The molecule has 2 heterocycles. The molecule has 0 fully saturated rings. The summed E-state index contributed by atoms with van der Waals surface area (Å²) in [6.07, 6.45) is 2.35. The number of nitrogens with zero attached hydrogens (tertiary/aromatic N) is 1. The molecule has 0 saturated carbocycles. The van der Waals surface area contributed by atoms with E-state index < -0.39 is 0 Å². The minimum absolute atomic E-state index is 0.419. The van der Waals surface area contributed by atoms with Crippen molar-refractivity contribution >= 4 is 11.6 Å². The van der Waals surface area contributed by atoms with Crippen LogP contribution in [0.15, 0.2) is 69.7 Å². The van der Waals surface area contributed by atoms with Gasteiger partial charge in [0.1, 0.15) is 0 Å². The van der Waals surface area contributed by atoms with E-state index in [2.05, 4.69) is 21.3 Å². The van der Waals surface area contributed by atoms with Crippen molar-refractivity contribution in [2.24, 2.45) is 4.99 Å². The topological polar surface area (TPSA) is 70.8 Å². The summed E-state index contributed by atoms with van der Waals surface area (Å²) in [5.74, 6) is 1.64. The van der Waals surface area contributed by atoms with Gasteiger partial charge in [-0.25, -0.2) is 0 Å². The number of furan rings is 1. The zero-order valence-electron chi connectivity index (χ0n) is 11.6. The Kier molecular flexibility index (Phi) is 3.77. The monoisotopic (exact) mass is 284 g/mol. The van der Waals surface area contributed by atoms with E-state index in [1.54, 1.807) is 18.4 Å². The van der Waals surface area contributed by atoms with E-state index in [1.807, 2.05) is 37.3 Å². The molecule has 1 aromatic carbocycles. The van der Waals surface area contributed by atoms with Crippen LogP contribution in [0.5, 0.6) is 0 Å². The van der Waals surface area contributed by atoms with Crippen molar-refractivity contribution < 1.29 is 9.25 Å². The third kappa shape index (κ3) is 3.00. The number of hydrogen-bond acceptors (Lipinski definition) is 6. The Morgan fingerprint density at radius 3 is 2.76 bits per heavy atom. The maximum atomic E-state index is 5.33. The van der Waals surface area contributed by atoms with E-state index in [1.165, 1.54) is 0 Å². The van der Waals surface area contributed by atoms with Gasteiger partial charge in [0.15, 0.2) is 11.6 Å². The molecule has 0 unspecified atom stereocenters. The smallest absolute Gasteiger partial charge is 0.290 e. The molecule has 0 aliphatic carbocycles. The SMILES string of the molecule is CCC(NNc1ccccc1)=C1N=C(c2ccco2)ON1. The van der Waals surface area contributed by atoms with E-state index in [-0.39, 0.29) is 0 Å². The normalized spacial score (nSPS) is 15.8. The first-order valence-electron chi connectivity index (χ1n) is 6.72. The number of rotatable bonds is 5. The molecule has 1 aromatic heterocycles. The van der Waals surface area contributed by atoms with Crippen molar-refractivity contribution in [3.05, 3.63) is 66.0 Å². The standard InChI is InChI=1S/C15H16N4O2/c1-2-12(18-17-11-7-4-3-5-8-11)14-16-15(21-19-14)13-9-6-10-20-13/h3-10,17-19H,2H2,1H3. The number of aliphatic imine (C=N–C) groups is 1. The van der Waals surface area contributed by atoms with E-state index in [0.29, 0.717) is 17.5 Å². The zero-order chi connectivity index (χ0) is 14.5. The number of para-hydroxylation sites is 1. The van der Waals surface area contributed by atoms with Crippen molar-refractivity contribution in [2.75, 3.05) is 5.43 Å². The molecule has 21 heavy (non-hydrogen) atoms. The molecule has 108 valence electrons. The maximum absolute atomic E-state index is 5.33. The average molecular weight is 284 g/mol. The van der Waals surface area contributed by atoms with Gasteiger partial charge in [-0.3, -0.25) is 0 Å². The number of hydroxylamine groups is 1. The summed E-state index contributed by atoms with van der Waals surface area (Å²) in [5, 5.41) is 0. The van der Waals surface area contributed by atoms with Crippen LogP contribution in [-0.2, 0) is 4.84 Å². The van der Waals surface area contributed by atoms with Crippen LogP contribution in [0, 0.1) is 0 Å². The molecule has 3 N–H and O–H groups in total. The van der Waals surface area contributed by atoms with Gasteiger partial charge >= 0.3 is 0 Å². The van der Waals surface area contributed by atoms with Crippen LogP contribution in [0.25, 0.3) is 0 Å². The third-order valence-corrected chi connectivity index (χ3v) is 2.96. The second kappa shape index (κ2) is 6.04. The lowest BCUT2D eigenvalue weighted by Crippen LogP contribution is -2.24. The molecule has 3 rings (SSSR count). The Morgan fingerprint density at radius 1 is 1.19 bits per heavy atom. The molecule has 0 atom stereocenters. The fourth-order valence-corrected chi connectivity index (χ4v) is 1.86. The minimum atomic E-state index is 0.419. The number of benzene rings is 1. The largest absolute Gasteiger partial charge is 0.459 e. The maximum Gasteiger partial charge on any atom is 0.290 e. The summed E-state index contributed by atoms with van der Waals surface area (Å²) < 4.78 is 5.25. The van der Waals surface area contributed by atoms with E-state index in [0.717, 1.165) is 17.8 Å². The van der Waals surface area contributed by atoms with Crippen LogP contribution in [-0.4, -0.2) is 5.90 Å². The average Bonchev–Trinajstić information content (AvgIpc) is 3.20. The Labute approximate surface area is 122 Å². The van der Waals surface area contributed by atoms with Crippen LogP contribution in [0.1, 0.15) is 19.1 Å². The van der Waals surface area contributed by atoms with Crippen LogP contribution in [0.4, 0.5) is 5.69 Å². The predicted molar refractivity (Wildman–Crippen MR) is 80.0 cm³/mol. The summed E-state index contributed by atoms with van der Waals surface area (Å²) in [4.78, 5) is 9.71. The van der Waals surface area contributed by atoms with Crippen LogP contribution in [0.3, 0.4) is 0 Å². The fourth-order valence-electron chi connectivity index (χ4n) is 1.86. The lowest BCUT2D eigenvalue weighted by molar-refractivity contribution is 0.231. The molecule has 6 heteroatoms. The number of anilines is 1. The first-order chi connectivity index (χ1) is 10.4. The Morgan fingerprint density at radius 2 is 2.05 bits per heavy atom. The van der Waals surface area contributed by atoms with Crippen LogP contribution in [0.2, 0.25) is 0 Å². The van der Waals surface area contributed by atoms with Gasteiger partial charge in [0.05, 0.1) is 17.6 Å². The second-order valence-corrected chi connectivity index (χ2v) is 4.40. The van der Waals surface area contributed by atoms with Crippen molar-refractivity contribution in [2.45, 2.75) is 13.3 Å². The van der Waals surface area contributed by atoms with E-state index >= 15 is 0 Å². The highest BCUT2D eigenvalue weighted by molar-refractivity contribution is 5.92. The van der Waals surface area contributed by atoms with Gasteiger partial charge in [-0.1, -0.05) is 25.1 Å². The van der Waals surface area contributed by atoms with Crippen molar-refractivity contribution in [1.82, 2.24) is 10.9 Å². The van der Waals surface area contributed by atoms with Gasteiger partial charge < -0.3 is 20.1 Å². The summed E-state index contributed by atoms with van der Waals surface area (Å²) >= 11 is 0. The molecule has 6 nitrogen and oxygen atoms in total. The first kappa shape index (κ1) is 13.1. The van der Waals surface area contributed by atoms with Crippen molar-refractivity contribution in [3.63, 3.8) is 0 Å². The molecule has 0 amide bonds. The Bertz CT molecular complexity index is 648. The number of nitrogens with one attached hydrogen (secondary N) is 3. The molecule has 0 spiro atoms. The van der Waals surface area contributed by atoms with Gasteiger partial charge in [-0.15, -0.1) is 0 Å². The fraction of sp³-hybridized carbons (Fsp3) is 0.133. The van der Waals surface area contributed by atoms with Crippen molar-refractivity contribution in [1.29, 1.82) is 0 Å². The molecule has 0 radical (unpaired) electrons. The van der Waals surface area contributed by atoms with Gasteiger partial charge in [-0.05, 0) is 30.7 Å². The molecular weight excluding hydrogens is 268 g/mol. The lowest BCUT2D eigenvalue weighted by Gasteiger charge is -2.12. The van der Waals surface area contributed by atoms with Crippen molar-refractivity contribution in [3.8, 4) is 0 Å². The number of hydrazine groups is 1. The van der Waals surface area contributed by atoms with Gasteiger partial charge in [0, 0.05) is 0 Å². The second-order valence-electron chi connectivity index (χ2n) is 4.40. The quantitative estimate of drug-likeness (QED) is 0.736. The lowest BCUT2D eigenvalue weighted by atomic mass is 10.3. The Hall–Kier alpha value is -2.89. The zero-order valence-corrected chi connectivity index (χ0v) is 11.6. The van der Waals surface area contributed by atoms with E-state index in [4.69, 9.17) is 9.25 Å². The number of allylic oxidation sites excluding steroid dienone is 1. The van der Waals surface area contributed by atoms with Crippen LogP contribution < -0.4 is 16.3 Å². The highest BCUT2D eigenvalue weighted by atomic mass is 16.7. The molecule has 0 bridgehead atoms. The van der Waals surface area contributed by atoms with Gasteiger partial charge in [0.25, 0.3) is 5.90 Å². The highest BCUT2D eigenvalue weighted by Crippen LogP contribution is 2.15. The molecular formula is C15H16N4O2. The van der Waals surface area contributed by atoms with Crippen LogP contribution >= 0.6 is 0 Å². The predicted octanol–water partition coefficient (Wildman–Crippen LogP) is 2.76. The first-order valence-corrected chi connectivity index (χ1v) is 6.72. The summed E-state index contributed by atoms with van der Waals surface area (Å²) in [6, 6.07) is 13.4. The highest BCUT2D eigenvalue weighted by Gasteiger charge is 2.19. The summed E-state index contributed by atoms with van der Waals surface area (Å²) in [6.45, 7) is 2.03. The summed E-state index contributed by atoms with van der Waals surface area (Å²) in [7, 11) is 0. The molecule has 2 aromatic rings. The third-order valence-electron chi connectivity index (χ3n) is 2.96. The van der Waals surface area contributed by atoms with Gasteiger partial charge in [0.2, 0.25) is 0 Å². The molecule has 1 aliphatic rings. The minimum Gasteiger partial charge on any atom is -0.459 e. The summed E-state index contributed by atoms with van der Waals surface area (Å²) in [5.41, 5.74) is 10.9. The number of hydrogen-bond donors (Lipinski definition) is 3. The van der Waals surface area contributed by atoms with Gasteiger partial charge in [-0.2, -0.15) is 10.5 Å².